The van der Waals surface area contributed by atoms with Gasteiger partial charge >= 0.3 is 0 Å². The van der Waals surface area contributed by atoms with Crippen LogP contribution in [0.4, 0.5) is 4.39 Å². The molecule has 0 bridgehead atoms. The number of benzene rings is 1. The number of hydrogen-bond donors (Lipinski definition) is 0. The lowest BCUT2D eigenvalue weighted by atomic mass is 9.98. The second kappa shape index (κ2) is 7.03. The van der Waals surface area contributed by atoms with Crippen molar-refractivity contribution in [1.82, 2.24) is 0 Å². The molecule has 0 N–H and O–H groups in total. The Kier molecular flexibility index (Phi) is 5.67. The van der Waals surface area contributed by atoms with Gasteiger partial charge in [0.15, 0.2) is 5.78 Å². The molecule has 0 spiro atoms. The maximum atomic E-state index is 13.9. The van der Waals surface area contributed by atoms with Crippen LogP contribution in [0.15, 0.2) is 18.2 Å². The number of Topliss-reactive ketones (excluding diaryl/α,β-unsaturated/α-hetero) is 2. The summed E-state index contributed by atoms with van der Waals surface area (Å²) < 4.78 is 24.0. The first-order valence-electron chi connectivity index (χ1n) is 6.33. The second-order valence-corrected chi connectivity index (χ2v) is 4.86. The van der Waals surface area contributed by atoms with Crippen LogP contribution in [0.3, 0.4) is 0 Å². The van der Waals surface area contributed by atoms with Gasteiger partial charge in [-0.1, -0.05) is 13.8 Å². The Balaban J connectivity index is 2.99. The van der Waals surface area contributed by atoms with Gasteiger partial charge in [-0.05, 0) is 18.1 Å². The fourth-order valence-corrected chi connectivity index (χ4v) is 1.79. The molecule has 1 unspecified atom stereocenters. The van der Waals surface area contributed by atoms with Crippen LogP contribution in [0.5, 0.6) is 11.5 Å². The van der Waals surface area contributed by atoms with Crippen molar-refractivity contribution in [2.24, 2.45) is 5.92 Å². The monoisotopic (exact) mass is 282 g/mol. The summed E-state index contributed by atoms with van der Waals surface area (Å²) in [7, 11) is 2.84. The van der Waals surface area contributed by atoms with Crippen molar-refractivity contribution < 1.29 is 23.5 Å². The van der Waals surface area contributed by atoms with Crippen molar-refractivity contribution in [3.05, 3.63) is 23.8 Å². The molecule has 0 amide bonds. The number of carbonyl (C=O) groups excluding carboxylic acids is 2. The van der Waals surface area contributed by atoms with Gasteiger partial charge in [0.05, 0.1) is 19.8 Å². The first kappa shape index (κ1) is 16.1. The fourth-order valence-electron chi connectivity index (χ4n) is 1.79. The molecular weight excluding hydrogens is 263 g/mol. The highest BCUT2D eigenvalue weighted by molar-refractivity contribution is 6.14. The Bertz CT molecular complexity index is 497. The quantitative estimate of drug-likeness (QED) is 0.570. The van der Waals surface area contributed by atoms with E-state index < -0.39 is 17.7 Å². The third-order valence-electron chi connectivity index (χ3n) is 2.80. The normalized spacial score (nSPS) is 12.1. The molecule has 0 aliphatic rings. The van der Waals surface area contributed by atoms with Gasteiger partial charge in [-0.15, -0.1) is 0 Å². The number of alkyl halides is 1. The smallest absolute Gasteiger partial charge is 0.221 e. The molecule has 0 aromatic heterocycles. The van der Waals surface area contributed by atoms with Gasteiger partial charge in [-0.3, -0.25) is 9.59 Å². The van der Waals surface area contributed by atoms with Crippen LogP contribution in [-0.4, -0.2) is 32.0 Å². The fraction of sp³-hybridized carbons (Fsp3) is 0.467. The molecule has 1 aromatic carbocycles. The second-order valence-electron chi connectivity index (χ2n) is 4.86. The Morgan fingerprint density at radius 1 is 1.20 bits per heavy atom. The number of carbonyl (C=O) groups is 2. The van der Waals surface area contributed by atoms with Gasteiger partial charge in [0, 0.05) is 12.5 Å². The Labute approximate surface area is 117 Å². The lowest BCUT2D eigenvalue weighted by Crippen LogP contribution is -2.27. The summed E-state index contributed by atoms with van der Waals surface area (Å²) in [5.41, 5.74) is 0.0397. The van der Waals surface area contributed by atoms with E-state index in [9.17, 15) is 14.0 Å². The molecule has 5 heteroatoms. The van der Waals surface area contributed by atoms with Crippen molar-refractivity contribution in [2.75, 3.05) is 14.2 Å². The summed E-state index contributed by atoms with van der Waals surface area (Å²) in [6.07, 6.45) is -2.12. The predicted octanol–water partition coefficient (Wildman–Crippen LogP) is 2.84. The topological polar surface area (TPSA) is 52.6 Å². The minimum absolute atomic E-state index is 0.00585. The number of halogens is 1. The van der Waals surface area contributed by atoms with Crippen LogP contribution in [0, 0.1) is 5.92 Å². The van der Waals surface area contributed by atoms with Crippen LogP contribution in [-0.2, 0) is 4.79 Å². The van der Waals surface area contributed by atoms with E-state index in [1.54, 1.807) is 13.8 Å². The summed E-state index contributed by atoms with van der Waals surface area (Å²) in [5.74, 6) is -0.902. The van der Waals surface area contributed by atoms with E-state index in [1.807, 2.05) is 0 Å². The molecular formula is C15H19FO4. The zero-order chi connectivity index (χ0) is 15.3. The van der Waals surface area contributed by atoms with Crippen LogP contribution < -0.4 is 9.47 Å². The Morgan fingerprint density at radius 3 is 2.35 bits per heavy atom. The van der Waals surface area contributed by atoms with Crippen molar-refractivity contribution in [3.63, 3.8) is 0 Å². The number of methoxy groups -OCH3 is 2. The lowest BCUT2D eigenvalue weighted by molar-refractivity contribution is -0.122. The zero-order valence-electron chi connectivity index (χ0n) is 12.1. The van der Waals surface area contributed by atoms with Crippen molar-refractivity contribution >= 4 is 11.6 Å². The number of ether oxygens (including phenoxy) is 2. The third kappa shape index (κ3) is 3.79. The van der Waals surface area contributed by atoms with Gasteiger partial charge in [-0.25, -0.2) is 4.39 Å². The molecule has 0 aliphatic heterocycles. The number of rotatable bonds is 7. The Hall–Kier alpha value is -1.91. The average Bonchev–Trinajstić information content (AvgIpc) is 2.44. The Morgan fingerprint density at radius 2 is 1.85 bits per heavy atom. The van der Waals surface area contributed by atoms with E-state index in [-0.39, 0.29) is 23.7 Å². The molecule has 110 valence electrons. The number of hydrogen-bond acceptors (Lipinski definition) is 4. The van der Waals surface area contributed by atoms with Crippen molar-refractivity contribution in [1.29, 1.82) is 0 Å². The van der Waals surface area contributed by atoms with Crippen molar-refractivity contribution in [2.45, 2.75) is 26.4 Å². The molecule has 1 rings (SSSR count). The maximum Gasteiger partial charge on any atom is 0.221 e. The highest BCUT2D eigenvalue weighted by Crippen LogP contribution is 2.26. The number of ketones is 2. The highest BCUT2D eigenvalue weighted by atomic mass is 19.1. The minimum atomic E-state index is -2.15. The minimum Gasteiger partial charge on any atom is -0.497 e. The maximum absolute atomic E-state index is 13.9. The lowest BCUT2D eigenvalue weighted by Gasteiger charge is -2.12. The first-order chi connectivity index (χ1) is 9.40. The summed E-state index contributed by atoms with van der Waals surface area (Å²) in [6.45, 7) is 3.59. The van der Waals surface area contributed by atoms with E-state index in [0.29, 0.717) is 5.75 Å². The van der Waals surface area contributed by atoms with Crippen LogP contribution in [0.25, 0.3) is 0 Å². The average molecular weight is 282 g/mol. The van der Waals surface area contributed by atoms with Crippen LogP contribution in [0.1, 0.15) is 30.6 Å². The standard InChI is InChI=1S/C15H19FO4/c1-9(2)7-12(17)14(16)15(18)11-6-5-10(19-3)8-13(11)20-4/h5-6,8-9,14H,7H2,1-4H3. The van der Waals surface area contributed by atoms with E-state index in [2.05, 4.69) is 0 Å². The molecule has 0 saturated heterocycles. The summed E-state index contributed by atoms with van der Waals surface area (Å²) in [4.78, 5) is 23.7. The molecule has 0 radical (unpaired) electrons. The molecule has 4 nitrogen and oxygen atoms in total. The van der Waals surface area contributed by atoms with E-state index in [1.165, 1.54) is 32.4 Å². The summed E-state index contributed by atoms with van der Waals surface area (Å²) in [5, 5.41) is 0. The van der Waals surface area contributed by atoms with Gasteiger partial charge in [0.1, 0.15) is 11.5 Å². The van der Waals surface area contributed by atoms with Gasteiger partial charge < -0.3 is 9.47 Å². The molecule has 0 aliphatic carbocycles. The van der Waals surface area contributed by atoms with Gasteiger partial charge in [0.25, 0.3) is 0 Å². The SMILES string of the molecule is COc1ccc(C(=O)C(F)C(=O)CC(C)C)c(OC)c1. The molecule has 0 fully saturated rings. The molecule has 1 atom stereocenters. The summed E-state index contributed by atoms with van der Waals surface area (Å²) >= 11 is 0. The first-order valence-corrected chi connectivity index (χ1v) is 6.33. The third-order valence-corrected chi connectivity index (χ3v) is 2.80. The molecule has 0 saturated carbocycles. The van der Waals surface area contributed by atoms with Gasteiger partial charge in [0.2, 0.25) is 12.0 Å². The van der Waals surface area contributed by atoms with E-state index in [0.717, 1.165) is 0 Å². The molecule has 0 heterocycles. The van der Waals surface area contributed by atoms with E-state index >= 15 is 0 Å². The van der Waals surface area contributed by atoms with Crippen molar-refractivity contribution in [3.8, 4) is 11.5 Å². The molecule has 20 heavy (non-hydrogen) atoms. The molecule has 1 aromatic rings. The van der Waals surface area contributed by atoms with Gasteiger partial charge in [-0.2, -0.15) is 0 Å². The largest absolute Gasteiger partial charge is 0.497 e. The highest BCUT2D eigenvalue weighted by Gasteiger charge is 2.29. The zero-order valence-corrected chi connectivity index (χ0v) is 12.1. The van der Waals surface area contributed by atoms with Crippen LogP contribution >= 0.6 is 0 Å². The van der Waals surface area contributed by atoms with E-state index in [4.69, 9.17) is 9.47 Å². The predicted molar refractivity (Wildman–Crippen MR) is 73.2 cm³/mol. The summed E-state index contributed by atoms with van der Waals surface area (Å²) in [6, 6.07) is 4.40. The van der Waals surface area contributed by atoms with Crippen LogP contribution in [0.2, 0.25) is 0 Å².